The number of nitrogens with zero attached hydrogens (tertiary/aromatic N) is 3. The molecule has 0 amide bonds. The number of rotatable bonds is 5. The van der Waals surface area contributed by atoms with Gasteiger partial charge in [0.05, 0.1) is 12.3 Å². The Labute approximate surface area is 98.3 Å². The van der Waals surface area contributed by atoms with Gasteiger partial charge in [-0.2, -0.15) is 4.98 Å². The maximum Gasteiger partial charge on any atom is 0.243 e. The van der Waals surface area contributed by atoms with Gasteiger partial charge < -0.3 is 10.4 Å². The smallest absolute Gasteiger partial charge is 0.243 e. The predicted molar refractivity (Wildman–Crippen MR) is 62.3 cm³/mol. The van der Waals surface area contributed by atoms with Gasteiger partial charge in [-0.05, 0) is 18.6 Å². The van der Waals surface area contributed by atoms with E-state index in [1.165, 1.54) is 16.8 Å². The molecule has 2 aromatic heterocycles. The van der Waals surface area contributed by atoms with Crippen LogP contribution < -0.4 is 5.32 Å². The molecule has 0 saturated heterocycles. The van der Waals surface area contributed by atoms with Crippen molar-refractivity contribution < 1.29 is 9.50 Å². The number of halogens is 1. The molecule has 0 aliphatic carbocycles. The van der Waals surface area contributed by atoms with Crippen LogP contribution in [-0.4, -0.2) is 32.4 Å². The molecule has 0 spiro atoms. The largest absolute Gasteiger partial charge is 0.391 e. The van der Waals surface area contributed by atoms with Gasteiger partial charge in [-0.1, -0.05) is 13.3 Å². The van der Waals surface area contributed by atoms with Gasteiger partial charge in [0, 0.05) is 6.54 Å². The zero-order valence-electron chi connectivity index (χ0n) is 9.60. The van der Waals surface area contributed by atoms with Crippen LogP contribution in [0.25, 0.3) is 5.65 Å². The van der Waals surface area contributed by atoms with Gasteiger partial charge in [-0.25, -0.2) is 8.91 Å². The number of aliphatic hydroxyl groups is 1. The molecule has 0 aromatic carbocycles. The van der Waals surface area contributed by atoms with E-state index in [2.05, 4.69) is 15.4 Å². The molecule has 2 aromatic rings. The first-order chi connectivity index (χ1) is 8.19. The standard InChI is InChI=1S/C11H15FN4O/c1-2-3-9(17)6-13-11-14-10-5-4-8(12)7-16(10)15-11/h4-5,7,9,17H,2-3,6H2,1H3,(H,13,15). The fraction of sp³-hybridized carbons (Fsp3) is 0.455. The Balaban J connectivity index is 2.04. The van der Waals surface area contributed by atoms with Crippen LogP contribution in [-0.2, 0) is 0 Å². The summed E-state index contributed by atoms with van der Waals surface area (Å²) in [5.74, 6) is 0.0331. The zero-order valence-corrected chi connectivity index (χ0v) is 9.60. The average Bonchev–Trinajstić information content (AvgIpc) is 2.68. The summed E-state index contributed by atoms with van der Waals surface area (Å²) in [5, 5.41) is 16.5. The van der Waals surface area contributed by atoms with Crippen LogP contribution in [0.15, 0.2) is 18.3 Å². The van der Waals surface area contributed by atoms with E-state index in [0.29, 0.717) is 18.1 Å². The zero-order chi connectivity index (χ0) is 12.3. The summed E-state index contributed by atoms with van der Waals surface area (Å²) in [6.45, 7) is 2.41. The number of hydrogen-bond donors (Lipinski definition) is 2. The Morgan fingerprint density at radius 1 is 1.53 bits per heavy atom. The Hall–Kier alpha value is -1.69. The third-order valence-electron chi connectivity index (χ3n) is 2.41. The van der Waals surface area contributed by atoms with Gasteiger partial charge in [0.1, 0.15) is 5.82 Å². The summed E-state index contributed by atoms with van der Waals surface area (Å²) in [6, 6.07) is 2.88. The lowest BCUT2D eigenvalue weighted by molar-refractivity contribution is 0.176. The Morgan fingerprint density at radius 3 is 3.12 bits per heavy atom. The van der Waals surface area contributed by atoms with Crippen molar-refractivity contribution in [3.05, 3.63) is 24.1 Å². The third kappa shape index (κ3) is 2.91. The topological polar surface area (TPSA) is 62.5 Å². The molecule has 6 heteroatoms. The van der Waals surface area contributed by atoms with Crippen LogP contribution >= 0.6 is 0 Å². The molecule has 0 aliphatic rings. The number of aliphatic hydroxyl groups excluding tert-OH is 1. The fourth-order valence-corrected chi connectivity index (χ4v) is 1.58. The highest BCUT2D eigenvalue weighted by Gasteiger charge is 2.06. The summed E-state index contributed by atoms with van der Waals surface area (Å²) in [5.41, 5.74) is 0.568. The molecule has 1 atom stereocenters. The van der Waals surface area contributed by atoms with Crippen molar-refractivity contribution in [2.45, 2.75) is 25.9 Å². The molecule has 0 fully saturated rings. The monoisotopic (exact) mass is 238 g/mol. The second-order valence-corrected chi connectivity index (χ2v) is 3.91. The minimum atomic E-state index is -0.414. The molecule has 5 nitrogen and oxygen atoms in total. The molecule has 2 rings (SSSR count). The molecule has 92 valence electrons. The van der Waals surface area contributed by atoms with Crippen LogP contribution in [0, 0.1) is 5.82 Å². The third-order valence-corrected chi connectivity index (χ3v) is 2.41. The summed E-state index contributed by atoms with van der Waals surface area (Å²) < 4.78 is 14.3. The van der Waals surface area contributed by atoms with Crippen molar-refractivity contribution in [1.82, 2.24) is 14.6 Å². The fourth-order valence-electron chi connectivity index (χ4n) is 1.58. The number of aromatic nitrogens is 3. The summed E-state index contributed by atoms with van der Waals surface area (Å²) >= 11 is 0. The van der Waals surface area contributed by atoms with Gasteiger partial charge in [-0.3, -0.25) is 0 Å². The average molecular weight is 238 g/mol. The number of anilines is 1. The maximum atomic E-state index is 12.9. The number of fused-ring (bicyclic) bond motifs is 1. The van der Waals surface area contributed by atoms with E-state index in [4.69, 9.17) is 0 Å². The molecular formula is C11H15FN4O. The lowest BCUT2D eigenvalue weighted by atomic mass is 10.2. The minimum absolute atomic E-state index is 0.361. The first kappa shape index (κ1) is 11.8. The highest BCUT2D eigenvalue weighted by Crippen LogP contribution is 2.07. The molecule has 0 saturated carbocycles. The molecule has 2 heterocycles. The Bertz CT molecular complexity index is 499. The SMILES string of the molecule is CCCC(O)CNc1nc2ccc(F)cn2n1. The van der Waals surface area contributed by atoms with Gasteiger partial charge >= 0.3 is 0 Å². The predicted octanol–water partition coefficient (Wildman–Crippen LogP) is 1.44. The summed E-state index contributed by atoms with van der Waals surface area (Å²) in [4.78, 5) is 4.15. The van der Waals surface area contributed by atoms with E-state index < -0.39 is 6.10 Å². The maximum absolute atomic E-state index is 12.9. The molecule has 0 bridgehead atoms. The molecule has 0 aliphatic heterocycles. The van der Waals surface area contributed by atoms with E-state index >= 15 is 0 Å². The van der Waals surface area contributed by atoms with E-state index in [-0.39, 0.29) is 5.82 Å². The van der Waals surface area contributed by atoms with Crippen LogP contribution in [0.3, 0.4) is 0 Å². The second kappa shape index (κ2) is 5.09. The van der Waals surface area contributed by atoms with E-state index in [1.807, 2.05) is 6.92 Å². The van der Waals surface area contributed by atoms with Crippen LogP contribution in [0.1, 0.15) is 19.8 Å². The molecule has 2 N–H and O–H groups in total. The first-order valence-electron chi connectivity index (χ1n) is 5.63. The van der Waals surface area contributed by atoms with Crippen molar-refractivity contribution in [3.63, 3.8) is 0 Å². The molecule has 0 radical (unpaired) electrons. The van der Waals surface area contributed by atoms with Gasteiger partial charge in [0.15, 0.2) is 5.65 Å². The van der Waals surface area contributed by atoms with E-state index in [0.717, 1.165) is 12.8 Å². The van der Waals surface area contributed by atoms with Crippen molar-refractivity contribution in [2.75, 3.05) is 11.9 Å². The van der Waals surface area contributed by atoms with Crippen LogP contribution in [0.5, 0.6) is 0 Å². The van der Waals surface area contributed by atoms with Crippen molar-refractivity contribution in [1.29, 1.82) is 0 Å². The highest BCUT2D eigenvalue weighted by molar-refractivity contribution is 5.43. The molecule has 1 unspecified atom stereocenters. The lowest BCUT2D eigenvalue weighted by Gasteiger charge is -2.08. The lowest BCUT2D eigenvalue weighted by Crippen LogP contribution is -2.19. The van der Waals surface area contributed by atoms with Crippen molar-refractivity contribution >= 4 is 11.6 Å². The van der Waals surface area contributed by atoms with Gasteiger partial charge in [0.2, 0.25) is 5.95 Å². The van der Waals surface area contributed by atoms with Crippen molar-refractivity contribution in [3.8, 4) is 0 Å². The molecular weight excluding hydrogens is 223 g/mol. The normalized spacial score (nSPS) is 12.9. The number of hydrogen-bond acceptors (Lipinski definition) is 4. The van der Waals surface area contributed by atoms with E-state index in [9.17, 15) is 9.50 Å². The van der Waals surface area contributed by atoms with Crippen molar-refractivity contribution in [2.24, 2.45) is 0 Å². The number of nitrogens with one attached hydrogen (secondary N) is 1. The Morgan fingerprint density at radius 2 is 2.35 bits per heavy atom. The van der Waals surface area contributed by atoms with Crippen LogP contribution in [0.4, 0.5) is 10.3 Å². The van der Waals surface area contributed by atoms with Crippen LogP contribution in [0.2, 0.25) is 0 Å². The quantitative estimate of drug-likeness (QED) is 0.827. The highest BCUT2D eigenvalue weighted by atomic mass is 19.1. The molecule has 17 heavy (non-hydrogen) atoms. The van der Waals surface area contributed by atoms with Gasteiger partial charge in [-0.15, -0.1) is 5.10 Å². The second-order valence-electron chi connectivity index (χ2n) is 3.91. The summed E-state index contributed by atoms with van der Waals surface area (Å²) in [6.07, 6.45) is 2.50. The Kier molecular flexibility index (Phi) is 3.53. The first-order valence-corrected chi connectivity index (χ1v) is 5.63. The minimum Gasteiger partial charge on any atom is -0.391 e. The summed E-state index contributed by atoms with van der Waals surface area (Å²) in [7, 11) is 0. The number of pyridine rings is 1. The van der Waals surface area contributed by atoms with E-state index in [1.54, 1.807) is 6.07 Å². The van der Waals surface area contributed by atoms with Gasteiger partial charge in [0.25, 0.3) is 0 Å².